The normalized spacial score (nSPS) is 12.3. The van der Waals surface area contributed by atoms with Gasteiger partial charge < -0.3 is 15.2 Å². The van der Waals surface area contributed by atoms with Gasteiger partial charge in [0.1, 0.15) is 0 Å². The van der Waals surface area contributed by atoms with Crippen molar-refractivity contribution >= 4 is 11.9 Å². The minimum absolute atomic E-state index is 0.0560. The molecule has 0 heterocycles. The second kappa shape index (κ2) is 21.9. The number of phenols is 1. The molecule has 2 aromatic rings. The van der Waals surface area contributed by atoms with E-state index in [1.54, 1.807) is 12.1 Å². The number of phenolic OH excluding ortho intramolecular Hbond substituents is 1. The zero-order valence-electron chi connectivity index (χ0n) is 25.1. The molecular weight excluding hydrogens is 494 g/mol. The third-order valence-electron chi connectivity index (χ3n) is 7.35. The Kier molecular flexibility index (Phi) is 18.3. The summed E-state index contributed by atoms with van der Waals surface area (Å²) in [4.78, 5) is 13.1. The summed E-state index contributed by atoms with van der Waals surface area (Å²) in [6, 6.07) is 14.8. The number of carbonyl (C=O) groups is 1. The van der Waals surface area contributed by atoms with E-state index in [0.29, 0.717) is 12.2 Å². The topological polar surface area (TPSA) is 58.6 Å². The van der Waals surface area contributed by atoms with Crippen LogP contribution >= 0.6 is 0 Å². The summed E-state index contributed by atoms with van der Waals surface area (Å²) in [6.07, 6.45) is 26.9. The molecule has 2 N–H and O–H groups in total. The van der Waals surface area contributed by atoms with Gasteiger partial charge in [-0.05, 0) is 74.4 Å². The molecule has 0 bridgehead atoms. The van der Waals surface area contributed by atoms with E-state index in [9.17, 15) is 9.90 Å². The molecule has 0 aliphatic heterocycles. The Labute approximate surface area is 243 Å². The van der Waals surface area contributed by atoms with Crippen LogP contribution in [0.25, 0.3) is 6.08 Å². The number of rotatable bonds is 23. The standard InChI is InChI=1S/C36H53NO3/c1-3-4-5-6-7-8-9-10-11-12-13-14-15-16-17-21-28-37-33(29-32-25-27-35(39)36(30-32)40-2)34(38)26-24-31-22-19-18-20-23-31/h10-11,18-20,22-27,30,33,37,39H,3-9,12-17,21,28-29H2,1-2H3/b11-10-,26-24?. The van der Waals surface area contributed by atoms with Gasteiger partial charge in [0.05, 0.1) is 13.2 Å². The molecule has 2 aromatic carbocycles. The summed E-state index contributed by atoms with van der Waals surface area (Å²) in [6.45, 7) is 3.08. The first-order valence-corrected chi connectivity index (χ1v) is 15.6. The van der Waals surface area contributed by atoms with Crippen molar-refractivity contribution in [1.29, 1.82) is 0 Å². The number of allylic oxidation sites excluding steroid dienone is 2. The SMILES string of the molecule is CCCCCCCC/C=C\CCCCCCCCNC(Cc1ccc(O)c(OC)c1)C(=O)C=Cc1ccccc1. The molecule has 4 heteroatoms. The van der Waals surface area contributed by atoms with Gasteiger partial charge >= 0.3 is 0 Å². The second-order valence-corrected chi connectivity index (χ2v) is 10.8. The van der Waals surface area contributed by atoms with Crippen LogP contribution < -0.4 is 10.1 Å². The molecule has 2 rings (SSSR count). The summed E-state index contributed by atoms with van der Waals surface area (Å²) in [5.74, 6) is 0.590. The van der Waals surface area contributed by atoms with Gasteiger partial charge in [-0.2, -0.15) is 0 Å². The molecule has 0 aliphatic rings. The average Bonchev–Trinajstić information content (AvgIpc) is 2.98. The number of hydrogen-bond acceptors (Lipinski definition) is 4. The molecule has 0 aromatic heterocycles. The molecule has 4 nitrogen and oxygen atoms in total. The molecule has 0 saturated carbocycles. The van der Waals surface area contributed by atoms with Gasteiger partial charge in [0, 0.05) is 0 Å². The Balaban J connectivity index is 1.66. The van der Waals surface area contributed by atoms with Gasteiger partial charge in [-0.1, -0.05) is 119 Å². The first-order valence-electron chi connectivity index (χ1n) is 15.6. The highest BCUT2D eigenvalue weighted by Crippen LogP contribution is 2.27. The number of methoxy groups -OCH3 is 1. The van der Waals surface area contributed by atoms with Crippen LogP contribution in [0.4, 0.5) is 0 Å². The van der Waals surface area contributed by atoms with E-state index in [-0.39, 0.29) is 17.6 Å². The quantitative estimate of drug-likeness (QED) is 0.0827. The van der Waals surface area contributed by atoms with Gasteiger partial charge in [-0.15, -0.1) is 0 Å². The van der Waals surface area contributed by atoms with Crippen molar-refractivity contribution in [3.05, 3.63) is 77.9 Å². The average molecular weight is 548 g/mol. The minimum Gasteiger partial charge on any atom is -0.504 e. The van der Waals surface area contributed by atoms with Gasteiger partial charge in [0.2, 0.25) is 0 Å². The first kappa shape index (κ1) is 33.4. The Bertz CT molecular complexity index is 983. The number of hydrogen-bond donors (Lipinski definition) is 2. The van der Waals surface area contributed by atoms with E-state index in [2.05, 4.69) is 24.4 Å². The molecule has 40 heavy (non-hydrogen) atoms. The molecule has 0 amide bonds. The summed E-state index contributed by atoms with van der Waals surface area (Å²) < 4.78 is 5.26. The van der Waals surface area contributed by atoms with Crippen LogP contribution in [0.3, 0.4) is 0 Å². The predicted octanol–water partition coefficient (Wildman–Crippen LogP) is 9.22. The van der Waals surface area contributed by atoms with Crippen LogP contribution in [-0.4, -0.2) is 30.6 Å². The van der Waals surface area contributed by atoms with Crippen molar-refractivity contribution < 1.29 is 14.6 Å². The Morgan fingerprint density at radius 3 is 2.12 bits per heavy atom. The Morgan fingerprint density at radius 2 is 1.48 bits per heavy atom. The third-order valence-corrected chi connectivity index (χ3v) is 7.35. The fourth-order valence-electron chi connectivity index (χ4n) is 4.87. The van der Waals surface area contributed by atoms with Crippen LogP contribution in [0.5, 0.6) is 11.5 Å². The van der Waals surface area contributed by atoms with Crippen LogP contribution in [0.2, 0.25) is 0 Å². The highest BCUT2D eigenvalue weighted by Gasteiger charge is 2.17. The highest BCUT2D eigenvalue weighted by molar-refractivity contribution is 5.97. The van der Waals surface area contributed by atoms with Crippen LogP contribution in [0, 0.1) is 0 Å². The summed E-state index contributed by atoms with van der Waals surface area (Å²) in [5.41, 5.74) is 1.96. The summed E-state index contributed by atoms with van der Waals surface area (Å²) in [5, 5.41) is 13.4. The van der Waals surface area contributed by atoms with Crippen molar-refractivity contribution in [3.8, 4) is 11.5 Å². The fourth-order valence-corrected chi connectivity index (χ4v) is 4.87. The van der Waals surface area contributed by atoms with E-state index in [4.69, 9.17) is 4.74 Å². The van der Waals surface area contributed by atoms with Gasteiger partial charge in [-0.3, -0.25) is 4.79 Å². The number of unbranched alkanes of at least 4 members (excludes halogenated alkanes) is 12. The third kappa shape index (κ3) is 15.1. The van der Waals surface area contributed by atoms with E-state index in [0.717, 1.165) is 24.1 Å². The number of carbonyl (C=O) groups excluding carboxylic acids is 1. The van der Waals surface area contributed by atoms with E-state index in [1.807, 2.05) is 48.5 Å². The Morgan fingerprint density at radius 1 is 0.850 bits per heavy atom. The van der Waals surface area contributed by atoms with Crippen LogP contribution in [-0.2, 0) is 11.2 Å². The van der Waals surface area contributed by atoms with Crippen LogP contribution in [0.15, 0.2) is 66.8 Å². The largest absolute Gasteiger partial charge is 0.504 e. The number of ether oxygens (including phenoxy) is 1. The van der Waals surface area contributed by atoms with Crippen molar-refractivity contribution in [2.45, 2.75) is 109 Å². The number of aromatic hydroxyl groups is 1. The lowest BCUT2D eigenvalue weighted by Crippen LogP contribution is -2.38. The summed E-state index contributed by atoms with van der Waals surface area (Å²) in [7, 11) is 1.54. The van der Waals surface area contributed by atoms with Gasteiger partial charge in [0.25, 0.3) is 0 Å². The zero-order valence-corrected chi connectivity index (χ0v) is 25.1. The summed E-state index contributed by atoms with van der Waals surface area (Å²) >= 11 is 0. The molecule has 220 valence electrons. The van der Waals surface area contributed by atoms with Crippen molar-refractivity contribution in [1.82, 2.24) is 5.32 Å². The molecule has 0 aliphatic carbocycles. The van der Waals surface area contributed by atoms with Crippen LogP contribution in [0.1, 0.15) is 108 Å². The molecule has 0 spiro atoms. The number of ketones is 1. The molecule has 1 atom stereocenters. The minimum atomic E-state index is -0.322. The monoisotopic (exact) mass is 547 g/mol. The highest BCUT2D eigenvalue weighted by atomic mass is 16.5. The number of nitrogens with one attached hydrogen (secondary N) is 1. The maximum Gasteiger partial charge on any atom is 0.172 e. The molecule has 0 saturated heterocycles. The van der Waals surface area contributed by atoms with E-state index in [1.165, 1.54) is 90.6 Å². The lowest BCUT2D eigenvalue weighted by atomic mass is 10.0. The van der Waals surface area contributed by atoms with Crippen molar-refractivity contribution in [2.75, 3.05) is 13.7 Å². The van der Waals surface area contributed by atoms with Crippen molar-refractivity contribution in [3.63, 3.8) is 0 Å². The first-order chi connectivity index (χ1) is 19.6. The molecular formula is C36H53NO3. The van der Waals surface area contributed by atoms with Gasteiger partial charge in [0.15, 0.2) is 17.3 Å². The zero-order chi connectivity index (χ0) is 28.7. The maximum atomic E-state index is 13.1. The number of benzene rings is 2. The van der Waals surface area contributed by atoms with Gasteiger partial charge in [-0.25, -0.2) is 0 Å². The fraction of sp³-hybridized carbons (Fsp3) is 0.528. The Hall–Kier alpha value is -2.85. The van der Waals surface area contributed by atoms with E-state index < -0.39 is 0 Å². The molecule has 0 fully saturated rings. The lowest BCUT2D eigenvalue weighted by Gasteiger charge is -2.17. The predicted molar refractivity (Wildman–Crippen MR) is 170 cm³/mol. The smallest absolute Gasteiger partial charge is 0.172 e. The molecule has 1 unspecified atom stereocenters. The molecule has 0 radical (unpaired) electrons. The lowest BCUT2D eigenvalue weighted by molar-refractivity contribution is -0.116. The van der Waals surface area contributed by atoms with E-state index >= 15 is 0 Å². The second-order valence-electron chi connectivity index (χ2n) is 10.8. The maximum absolute atomic E-state index is 13.1. The van der Waals surface area contributed by atoms with Crippen molar-refractivity contribution in [2.24, 2.45) is 0 Å².